The van der Waals surface area contributed by atoms with Crippen LogP contribution in [0.15, 0.2) is 12.2 Å². The van der Waals surface area contributed by atoms with Crippen LogP contribution in [-0.2, 0) is 0 Å². The van der Waals surface area contributed by atoms with E-state index in [1.807, 2.05) is 0 Å². The van der Waals surface area contributed by atoms with Gasteiger partial charge in [0.05, 0.1) is 0 Å². The summed E-state index contributed by atoms with van der Waals surface area (Å²) in [6.07, 6.45) is 15.9. The lowest BCUT2D eigenvalue weighted by atomic mass is 9.65. The van der Waals surface area contributed by atoms with Crippen LogP contribution in [0, 0.1) is 35.0 Å². The van der Waals surface area contributed by atoms with Crippen LogP contribution in [0.25, 0.3) is 0 Å². The molecule has 6 unspecified atom stereocenters. The van der Waals surface area contributed by atoms with Gasteiger partial charge >= 0.3 is 0 Å². The maximum atomic E-state index is 2.66. The maximum absolute atomic E-state index is 2.66. The van der Waals surface area contributed by atoms with Crippen molar-refractivity contribution in [1.82, 2.24) is 0 Å². The van der Waals surface area contributed by atoms with Crippen LogP contribution in [0.2, 0.25) is 0 Å². The summed E-state index contributed by atoms with van der Waals surface area (Å²) in [4.78, 5) is 0. The highest BCUT2D eigenvalue weighted by molar-refractivity contribution is 5.25. The van der Waals surface area contributed by atoms with E-state index in [4.69, 9.17) is 0 Å². The average Bonchev–Trinajstić information content (AvgIpc) is 3.03. The first-order chi connectivity index (χ1) is 7.84. The molecule has 0 amide bonds. The zero-order valence-electron chi connectivity index (χ0n) is 10.5. The second-order valence-electron chi connectivity index (χ2n) is 7.00. The van der Waals surface area contributed by atoms with Gasteiger partial charge < -0.3 is 0 Å². The Morgan fingerprint density at radius 2 is 2.12 bits per heavy atom. The molecule has 0 spiro atoms. The van der Waals surface area contributed by atoms with E-state index >= 15 is 0 Å². The van der Waals surface area contributed by atoms with Crippen molar-refractivity contribution < 1.29 is 0 Å². The van der Waals surface area contributed by atoms with Gasteiger partial charge in [0.25, 0.3) is 0 Å². The molecule has 0 heterocycles. The molecule has 0 N–H and O–H groups in total. The van der Waals surface area contributed by atoms with Crippen LogP contribution in [0.1, 0.15) is 51.9 Å². The highest BCUT2D eigenvalue weighted by Crippen LogP contribution is 2.71. The number of fused-ring (bicyclic) bond motifs is 9. The van der Waals surface area contributed by atoms with Crippen LogP contribution in [0.5, 0.6) is 0 Å². The smallest absolute Gasteiger partial charge is 0.00786 e. The zero-order chi connectivity index (χ0) is 10.8. The number of allylic oxidation sites excluding steroid dienone is 2. The van der Waals surface area contributed by atoms with Crippen LogP contribution in [-0.4, -0.2) is 0 Å². The van der Waals surface area contributed by atoms with Gasteiger partial charge in [0.1, 0.15) is 0 Å². The standard InChI is InChI=1S/C16H24/c1-2-3-7-16-8-6-13(10-16)14-11-4-5-12(9-11)15(14)16/h6,8,11-15H,2-5,7,9-10H2,1H3. The highest BCUT2D eigenvalue weighted by Gasteiger charge is 2.63. The second-order valence-corrected chi connectivity index (χ2v) is 7.00. The monoisotopic (exact) mass is 216 g/mol. The first kappa shape index (κ1) is 9.74. The normalized spacial score (nSPS) is 56.2. The Balaban J connectivity index is 1.67. The van der Waals surface area contributed by atoms with Crippen LogP contribution < -0.4 is 0 Å². The van der Waals surface area contributed by atoms with Gasteiger partial charge in [-0.15, -0.1) is 0 Å². The van der Waals surface area contributed by atoms with E-state index in [2.05, 4.69) is 19.1 Å². The van der Waals surface area contributed by atoms with E-state index in [9.17, 15) is 0 Å². The third-order valence-corrected chi connectivity index (χ3v) is 6.43. The SMILES string of the molecule is CCCCC12C=CC(C1)C1C3CCC(C3)C12. The Bertz CT molecular complexity index is 329. The number of hydrogen-bond donors (Lipinski definition) is 0. The molecule has 0 aliphatic heterocycles. The van der Waals surface area contributed by atoms with Crippen LogP contribution >= 0.6 is 0 Å². The predicted molar refractivity (Wildman–Crippen MR) is 67.0 cm³/mol. The van der Waals surface area contributed by atoms with Gasteiger partial charge in [0, 0.05) is 0 Å². The lowest BCUT2D eigenvalue weighted by Gasteiger charge is -2.39. The van der Waals surface area contributed by atoms with Crippen molar-refractivity contribution >= 4 is 0 Å². The van der Waals surface area contributed by atoms with E-state index in [-0.39, 0.29) is 0 Å². The topological polar surface area (TPSA) is 0 Å². The minimum atomic E-state index is 0.686. The fraction of sp³-hybridized carbons (Fsp3) is 0.875. The lowest BCUT2D eigenvalue weighted by molar-refractivity contribution is 0.135. The second kappa shape index (κ2) is 3.15. The molecule has 0 aromatic carbocycles. The molecule has 88 valence electrons. The molecule has 0 heteroatoms. The van der Waals surface area contributed by atoms with Crippen molar-refractivity contribution in [3.8, 4) is 0 Å². The summed E-state index contributed by atoms with van der Waals surface area (Å²) in [5.41, 5.74) is 0.686. The molecular formula is C16H24. The molecule has 3 saturated carbocycles. The Morgan fingerprint density at radius 1 is 1.25 bits per heavy atom. The van der Waals surface area contributed by atoms with Gasteiger partial charge in [-0.25, -0.2) is 0 Å². The van der Waals surface area contributed by atoms with Crippen molar-refractivity contribution in [2.24, 2.45) is 35.0 Å². The zero-order valence-corrected chi connectivity index (χ0v) is 10.5. The van der Waals surface area contributed by atoms with Crippen molar-refractivity contribution in [2.45, 2.75) is 51.9 Å². The molecule has 4 aliphatic rings. The molecule has 4 rings (SSSR count). The van der Waals surface area contributed by atoms with E-state index in [1.165, 1.54) is 25.7 Å². The van der Waals surface area contributed by atoms with Crippen molar-refractivity contribution in [3.63, 3.8) is 0 Å². The number of rotatable bonds is 3. The third-order valence-electron chi connectivity index (χ3n) is 6.43. The van der Waals surface area contributed by atoms with Gasteiger partial charge in [-0.05, 0) is 67.1 Å². The first-order valence-electron chi connectivity index (χ1n) is 7.53. The average molecular weight is 216 g/mol. The van der Waals surface area contributed by atoms with Crippen molar-refractivity contribution in [3.05, 3.63) is 12.2 Å². The predicted octanol–water partition coefficient (Wildman–Crippen LogP) is 4.42. The minimum Gasteiger partial charge on any atom is -0.0845 e. The number of hydrogen-bond acceptors (Lipinski definition) is 0. The van der Waals surface area contributed by atoms with Gasteiger partial charge in [-0.3, -0.25) is 0 Å². The first-order valence-corrected chi connectivity index (χ1v) is 7.53. The largest absolute Gasteiger partial charge is 0.0845 e. The third kappa shape index (κ3) is 1.02. The summed E-state index contributed by atoms with van der Waals surface area (Å²) in [5.74, 6) is 5.50. The molecule has 4 aliphatic carbocycles. The molecule has 0 radical (unpaired) electrons. The summed E-state index contributed by atoms with van der Waals surface area (Å²) in [5, 5.41) is 0. The summed E-state index contributed by atoms with van der Waals surface area (Å²) in [6, 6.07) is 0. The molecule has 4 bridgehead atoms. The minimum absolute atomic E-state index is 0.686. The maximum Gasteiger partial charge on any atom is -0.00786 e. The summed E-state index contributed by atoms with van der Waals surface area (Å²) < 4.78 is 0. The molecular weight excluding hydrogens is 192 g/mol. The Morgan fingerprint density at radius 3 is 3.00 bits per heavy atom. The van der Waals surface area contributed by atoms with Crippen molar-refractivity contribution in [1.29, 1.82) is 0 Å². The Labute approximate surface area is 99.5 Å². The molecule has 0 nitrogen and oxygen atoms in total. The van der Waals surface area contributed by atoms with E-state index in [0.717, 1.165) is 29.6 Å². The van der Waals surface area contributed by atoms with Gasteiger partial charge in [0.2, 0.25) is 0 Å². The quantitative estimate of drug-likeness (QED) is 0.484. The lowest BCUT2D eigenvalue weighted by Crippen LogP contribution is -2.32. The molecule has 0 aromatic heterocycles. The van der Waals surface area contributed by atoms with Crippen LogP contribution in [0.4, 0.5) is 0 Å². The van der Waals surface area contributed by atoms with E-state index < -0.39 is 0 Å². The molecule has 0 saturated heterocycles. The van der Waals surface area contributed by atoms with Gasteiger partial charge in [-0.2, -0.15) is 0 Å². The summed E-state index contributed by atoms with van der Waals surface area (Å²) in [6.45, 7) is 2.35. The van der Waals surface area contributed by atoms with Crippen molar-refractivity contribution in [2.75, 3.05) is 0 Å². The number of unbranched alkanes of at least 4 members (excludes halogenated alkanes) is 1. The molecule has 3 fully saturated rings. The Hall–Kier alpha value is -0.260. The van der Waals surface area contributed by atoms with Gasteiger partial charge in [0.15, 0.2) is 0 Å². The molecule has 6 atom stereocenters. The summed E-state index contributed by atoms with van der Waals surface area (Å²) in [7, 11) is 0. The molecule has 0 aromatic rings. The van der Waals surface area contributed by atoms with Crippen LogP contribution in [0.3, 0.4) is 0 Å². The molecule has 16 heavy (non-hydrogen) atoms. The highest BCUT2D eigenvalue weighted by atomic mass is 14.7. The van der Waals surface area contributed by atoms with E-state index in [0.29, 0.717) is 5.41 Å². The fourth-order valence-corrected chi connectivity index (χ4v) is 6.06. The summed E-state index contributed by atoms with van der Waals surface area (Å²) >= 11 is 0. The van der Waals surface area contributed by atoms with E-state index in [1.54, 1.807) is 19.3 Å². The van der Waals surface area contributed by atoms with Gasteiger partial charge in [-0.1, -0.05) is 31.9 Å². The fourth-order valence-electron chi connectivity index (χ4n) is 6.06. The Kier molecular flexibility index (Phi) is 1.91.